The van der Waals surface area contributed by atoms with Crippen molar-refractivity contribution in [2.75, 3.05) is 0 Å². The molecule has 0 saturated heterocycles. The van der Waals surface area contributed by atoms with Crippen LogP contribution in [0.3, 0.4) is 0 Å². The van der Waals surface area contributed by atoms with E-state index in [1.54, 1.807) is 0 Å². The van der Waals surface area contributed by atoms with Crippen molar-refractivity contribution in [1.29, 1.82) is 0 Å². The van der Waals surface area contributed by atoms with Crippen molar-refractivity contribution in [3.8, 4) is 0 Å². The lowest BCUT2D eigenvalue weighted by atomic mass is 9.99. The molecule has 0 aliphatic rings. The monoisotopic (exact) mass is 288 g/mol. The number of carbonyl (C=O) groups is 1. The van der Waals surface area contributed by atoms with E-state index >= 15 is 0 Å². The third-order valence-corrected chi connectivity index (χ3v) is 3.01. The summed E-state index contributed by atoms with van der Waals surface area (Å²) < 4.78 is 23.8. The molecule has 5 nitrogen and oxygen atoms in total. The summed E-state index contributed by atoms with van der Waals surface area (Å²) in [4.78, 5) is 11.5. The van der Waals surface area contributed by atoms with Crippen LogP contribution in [0.25, 0.3) is 0 Å². The van der Waals surface area contributed by atoms with Crippen LogP contribution in [0.15, 0.2) is 65.0 Å². The summed E-state index contributed by atoms with van der Waals surface area (Å²) in [6.45, 7) is 0. The normalized spacial score (nSPS) is 10.1. The van der Waals surface area contributed by atoms with Crippen molar-refractivity contribution in [3.05, 3.63) is 71.8 Å². The van der Waals surface area contributed by atoms with E-state index in [-0.39, 0.29) is 0 Å². The van der Waals surface area contributed by atoms with Gasteiger partial charge in [0.05, 0.1) is 6.04 Å². The van der Waals surface area contributed by atoms with Gasteiger partial charge < -0.3 is 5.32 Å². The average molecular weight is 288 g/mol. The van der Waals surface area contributed by atoms with Crippen LogP contribution in [-0.4, -0.2) is 14.4 Å². The highest BCUT2D eigenvalue weighted by Crippen LogP contribution is 2.21. The van der Waals surface area contributed by atoms with Gasteiger partial charge >= 0.3 is 16.5 Å². The zero-order valence-corrected chi connectivity index (χ0v) is 11.2. The van der Waals surface area contributed by atoms with Crippen molar-refractivity contribution in [1.82, 2.24) is 5.32 Å². The van der Waals surface area contributed by atoms with Gasteiger partial charge in [-0.15, -0.1) is 0 Å². The molecule has 0 fully saturated rings. The van der Waals surface area contributed by atoms with Crippen LogP contribution in [0.5, 0.6) is 0 Å². The molecule has 6 heteroatoms. The topological polar surface area (TPSA) is 75.6 Å². The number of nitrogens with zero attached hydrogens (tertiary/aromatic N) is 1. The lowest BCUT2D eigenvalue weighted by Gasteiger charge is -2.18. The number of hydrogen-bond acceptors (Lipinski definition) is 3. The van der Waals surface area contributed by atoms with Crippen molar-refractivity contribution in [2.45, 2.75) is 6.04 Å². The van der Waals surface area contributed by atoms with Crippen LogP contribution < -0.4 is 5.32 Å². The smallest absolute Gasteiger partial charge is 0.324 e. The van der Waals surface area contributed by atoms with Crippen LogP contribution in [0.4, 0.5) is 4.79 Å². The highest BCUT2D eigenvalue weighted by atomic mass is 32.2. The van der Waals surface area contributed by atoms with Gasteiger partial charge in [0.2, 0.25) is 0 Å². The molecule has 102 valence electrons. The molecule has 2 rings (SSSR count). The number of hydrogen-bond donors (Lipinski definition) is 1. The Bertz CT molecular complexity index is 665. The van der Waals surface area contributed by atoms with Gasteiger partial charge in [0.25, 0.3) is 0 Å². The summed E-state index contributed by atoms with van der Waals surface area (Å²) >= 11 is 0. The average Bonchev–Trinajstić information content (AvgIpc) is 2.46. The van der Waals surface area contributed by atoms with Crippen LogP contribution in [-0.2, 0) is 10.5 Å². The van der Waals surface area contributed by atoms with Gasteiger partial charge in [0.15, 0.2) is 0 Å². The molecule has 0 aliphatic carbocycles. The Morgan fingerprint density at radius 2 is 1.35 bits per heavy atom. The highest BCUT2D eigenvalue weighted by Gasteiger charge is 2.16. The van der Waals surface area contributed by atoms with Gasteiger partial charge in [-0.25, -0.2) is 4.79 Å². The zero-order chi connectivity index (χ0) is 14.4. The largest absolute Gasteiger partial charge is 0.356 e. The number of amides is 2. The quantitative estimate of drug-likeness (QED) is 0.943. The van der Waals surface area contributed by atoms with Crippen LogP contribution >= 0.6 is 0 Å². The van der Waals surface area contributed by atoms with Gasteiger partial charge in [0.1, 0.15) is 0 Å². The second-order valence-electron chi connectivity index (χ2n) is 4.01. The summed E-state index contributed by atoms with van der Waals surface area (Å²) in [6, 6.07) is 17.2. The van der Waals surface area contributed by atoms with E-state index in [0.29, 0.717) is 0 Å². The van der Waals surface area contributed by atoms with E-state index in [1.165, 1.54) is 0 Å². The standard InChI is InChI=1S/C14H12N2O3S/c17-14(16-20(18)19)15-13(11-7-3-1-4-8-11)12-9-5-2-6-10-12/h1-10,13H,(H,15,17). The Morgan fingerprint density at radius 3 is 1.75 bits per heavy atom. The van der Waals surface area contributed by atoms with Crippen LogP contribution in [0.2, 0.25) is 0 Å². The van der Waals surface area contributed by atoms with Crippen molar-refractivity contribution in [3.63, 3.8) is 0 Å². The second-order valence-corrected chi connectivity index (χ2v) is 4.63. The predicted octanol–water partition coefficient (Wildman–Crippen LogP) is 2.55. The summed E-state index contributed by atoms with van der Waals surface area (Å²) in [7, 11) is -2.76. The van der Waals surface area contributed by atoms with Gasteiger partial charge in [-0.05, 0) is 11.1 Å². The SMILES string of the molecule is O=C(N=S(=O)=O)NC(c1ccccc1)c1ccccc1. The maximum absolute atomic E-state index is 11.5. The fourth-order valence-corrected chi connectivity index (χ4v) is 2.06. The van der Waals surface area contributed by atoms with Crippen molar-refractivity contribution in [2.24, 2.45) is 4.36 Å². The first-order valence-corrected chi connectivity index (χ1v) is 6.91. The summed E-state index contributed by atoms with van der Waals surface area (Å²) in [5.41, 5.74) is 1.69. The van der Waals surface area contributed by atoms with Crippen molar-refractivity contribution < 1.29 is 13.2 Å². The third-order valence-electron chi connectivity index (χ3n) is 2.69. The van der Waals surface area contributed by atoms with Gasteiger partial charge in [-0.3, -0.25) is 0 Å². The Hall–Kier alpha value is -2.47. The molecule has 0 heterocycles. The van der Waals surface area contributed by atoms with E-state index in [9.17, 15) is 13.2 Å². The summed E-state index contributed by atoms with van der Waals surface area (Å²) in [5, 5.41) is 2.58. The van der Waals surface area contributed by atoms with Crippen molar-refractivity contribution >= 4 is 16.5 Å². The maximum Gasteiger partial charge on any atom is 0.356 e. The molecule has 0 atom stereocenters. The molecule has 0 bridgehead atoms. The molecule has 20 heavy (non-hydrogen) atoms. The fraction of sp³-hybridized carbons (Fsp3) is 0.0714. The summed E-state index contributed by atoms with van der Waals surface area (Å²) in [6.07, 6.45) is 0. The number of urea groups is 1. The van der Waals surface area contributed by atoms with Crippen LogP contribution in [0, 0.1) is 0 Å². The molecule has 0 spiro atoms. The first kappa shape index (κ1) is 14.0. The fourth-order valence-electron chi connectivity index (χ4n) is 1.87. The molecule has 0 radical (unpaired) electrons. The Morgan fingerprint density at radius 1 is 0.900 bits per heavy atom. The van der Waals surface area contributed by atoms with Gasteiger partial charge in [0, 0.05) is 0 Å². The first-order chi connectivity index (χ1) is 9.66. The number of nitrogens with one attached hydrogen (secondary N) is 1. The van der Waals surface area contributed by atoms with Gasteiger partial charge in [-0.2, -0.15) is 8.42 Å². The molecule has 0 aliphatic heterocycles. The minimum atomic E-state index is -2.76. The Kier molecular flexibility index (Phi) is 4.62. The zero-order valence-electron chi connectivity index (χ0n) is 10.4. The van der Waals surface area contributed by atoms with Gasteiger partial charge in [-0.1, -0.05) is 65.0 Å². The summed E-state index contributed by atoms with van der Waals surface area (Å²) in [5.74, 6) is 0. The molecular formula is C14H12N2O3S. The lowest BCUT2D eigenvalue weighted by Crippen LogP contribution is -2.26. The molecule has 0 aromatic heterocycles. The third kappa shape index (κ3) is 3.76. The highest BCUT2D eigenvalue weighted by molar-refractivity contribution is 7.62. The predicted molar refractivity (Wildman–Crippen MR) is 74.6 cm³/mol. The number of rotatable bonds is 3. The first-order valence-electron chi connectivity index (χ1n) is 5.88. The number of carbonyl (C=O) groups excluding carboxylic acids is 1. The molecule has 0 unspecified atom stereocenters. The Labute approximate surface area is 118 Å². The molecule has 0 saturated carbocycles. The molecular weight excluding hydrogens is 276 g/mol. The minimum Gasteiger partial charge on any atom is -0.324 e. The minimum absolute atomic E-state index is 0.447. The molecule has 2 aromatic carbocycles. The number of benzene rings is 2. The molecule has 2 aromatic rings. The van der Waals surface area contributed by atoms with E-state index < -0.39 is 22.6 Å². The van der Waals surface area contributed by atoms with E-state index in [2.05, 4.69) is 9.68 Å². The van der Waals surface area contributed by atoms with Crippen LogP contribution in [0.1, 0.15) is 17.2 Å². The Balaban J connectivity index is 2.35. The second kappa shape index (κ2) is 6.63. The maximum atomic E-state index is 11.5. The molecule has 1 N–H and O–H groups in total. The molecule has 2 amide bonds. The van der Waals surface area contributed by atoms with E-state index in [0.717, 1.165) is 11.1 Å². The van der Waals surface area contributed by atoms with E-state index in [4.69, 9.17) is 0 Å². The van der Waals surface area contributed by atoms with E-state index in [1.807, 2.05) is 60.7 Å². The lowest BCUT2D eigenvalue weighted by molar-refractivity contribution is 0.247.